The summed E-state index contributed by atoms with van der Waals surface area (Å²) in [6.07, 6.45) is 9.48. The second-order valence-electron chi connectivity index (χ2n) is 7.03. The van der Waals surface area contributed by atoms with E-state index in [0.717, 1.165) is 41.7 Å². The van der Waals surface area contributed by atoms with Crippen LogP contribution in [-0.4, -0.2) is 18.1 Å². The summed E-state index contributed by atoms with van der Waals surface area (Å²) in [4.78, 5) is 4.37. The van der Waals surface area contributed by atoms with Gasteiger partial charge in [-0.05, 0) is 68.9 Å². The zero-order valence-electron chi connectivity index (χ0n) is 12.2. The summed E-state index contributed by atoms with van der Waals surface area (Å²) in [5.74, 6) is 4.66. The van der Waals surface area contributed by atoms with Crippen LogP contribution in [-0.2, 0) is 6.54 Å². The highest BCUT2D eigenvalue weighted by molar-refractivity contribution is 5.23. The molecule has 0 aliphatic heterocycles. The Morgan fingerprint density at radius 1 is 1.15 bits per heavy atom. The third-order valence-electron chi connectivity index (χ3n) is 5.56. The van der Waals surface area contributed by atoms with Crippen LogP contribution < -0.4 is 10.1 Å². The Kier molecular flexibility index (Phi) is 3.18. The summed E-state index contributed by atoms with van der Waals surface area (Å²) in [5.41, 5.74) is 1.06. The van der Waals surface area contributed by atoms with Gasteiger partial charge in [-0.2, -0.15) is 0 Å². The van der Waals surface area contributed by atoms with E-state index in [1.807, 2.05) is 19.3 Å². The van der Waals surface area contributed by atoms with Gasteiger partial charge < -0.3 is 10.1 Å². The molecule has 108 valence electrons. The maximum absolute atomic E-state index is 6.41. The van der Waals surface area contributed by atoms with Gasteiger partial charge in [-0.1, -0.05) is 0 Å². The first-order valence-electron chi connectivity index (χ1n) is 8.08. The summed E-state index contributed by atoms with van der Waals surface area (Å²) in [6, 6.07) is 4.12. The molecular formula is C17H24N2O. The zero-order chi connectivity index (χ0) is 13.5. The fourth-order valence-corrected chi connectivity index (χ4v) is 5.03. The van der Waals surface area contributed by atoms with Crippen molar-refractivity contribution in [1.29, 1.82) is 0 Å². The largest absolute Gasteiger partial charge is 0.490 e. The summed E-state index contributed by atoms with van der Waals surface area (Å²) in [5, 5.41) is 3.15. The molecule has 3 nitrogen and oxygen atoms in total. The minimum absolute atomic E-state index is 0.465. The van der Waals surface area contributed by atoms with Gasteiger partial charge in [-0.15, -0.1) is 0 Å². The number of rotatable bonds is 4. The van der Waals surface area contributed by atoms with Gasteiger partial charge in [0.15, 0.2) is 0 Å². The van der Waals surface area contributed by atoms with Gasteiger partial charge in [0.2, 0.25) is 0 Å². The van der Waals surface area contributed by atoms with Gasteiger partial charge in [0, 0.05) is 18.8 Å². The predicted molar refractivity (Wildman–Crippen MR) is 78.5 cm³/mol. The van der Waals surface area contributed by atoms with Crippen LogP contribution in [0.15, 0.2) is 18.3 Å². The van der Waals surface area contributed by atoms with Crippen molar-refractivity contribution in [2.24, 2.45) is 23.7 Å². The first kappa shape index (κ1) is 12.6. The summed E-state index contributed by atoms with van der Waals surface area (Å²) in [7, 11) is 1.95. The van der Waals surface area contributed by atoms with Crippen molar-refractivity contribution in [2.75, 3.05) is 7.05 Å². The fourth-order valence-electron chi connectivity index (χ4n) is 5.03. The number of hydrogen-bond donors (Lipinski definition) is 1. The molecule has 0 radical (unpaired) electrons. The smallest absolute Gasteiger partial charge is 0.123 e. The van der Waals surface area contributed by atoms with E-state index in [4.69, 9.17) is 4.74 Å². The Bertz CT molecular complexity index is 460. The van der Waals surface area contributed by atoms with Crippen molar-refractivity contribution < 1.29 is 4.74 Å². The van der Waals surface area contributed by atoms with Gasteiger partial charge in [-0.25, -0.2) is 0 Å². The van der Waals surface area contributed by atoms with Crippen molar-refractivity contribution in [3.05, 3.63) is 24.0 Å². The fraction of sp³-hybridized carbons (Fsp3) is 0.706. The van der Waals surface area contributed by atoms with Crippen molar-refractivity contribution >= 4 is 0 Å². The molecule has 4 saturated carbocycles. The summed E-state index contributed by atoms with van der Waals surface area (Å²) in [6.45, 7) is 0.804. The molecule has 4 aliphatic rings. The van der Waals surface area contributed by atoms with E-state index in [2.05, 4.69) is 16.4 Å². The van der Waals surface area contributed by atoms with Crippen molar-refractivity contribution in [1.82, 2.24) is 10.3 Å². The number of nitrogens with one attached hydrogen (secondary N) is 1. The first-order valence-corrected chi connectivity index (χ1v) is 8.08. The zero-order valence-corrected chi connectivity index (χ0v) is 12.2. The van der Waals surface area contributed by atoms with E-state index in [1.165, 1.54) is 32.1 Å². The molecular weight excluding hydrogens is 248 g/mol. The SMILES string of the molecule is CNCc1cc(OC2C3CC4CC(C3)CC2C4)ccn1. The summed E-state index contributed by atoms with van der Waals surface area (Å²) < 4.78 is 6.41. The molecule has 1 N–H and O–H groups in total. The third-order valence-corrected chi connectivity index (χ3v) is 5.56. The monoisotopic (exact) mass is 272 g/mol. The van der Waals surface area contributed by atoms with Crippen LogP contribution in [0.2, 0.25) is 0 Å². The van der Waals surface area contributed by atoms with Crippen LogP contribution in [0.25, 0.3) is 0 Å². The van der Waals surface area contributed by atoms with E-state index in [9.17, 15) is 0 Å². The van der Waals surface area contributed by atoms with Crippen molar-refractivity contribution in [3.8, 4) is 5.75 Å². The van der Waals surface area contributed by atoms with E-state index >= 15 is 0 Å². The third kappa shape index (κ3) is 2.22. The lowest BCUT2D eigenvalue weighted by molar-refractivity contribution is -0.0790. The predicted octanol–water partition coefficient (Wildman–Crippen LogP) is 3.00. The number of pyridine rings is 1. The molecule has 0 saturated heterocycles. The molecule has 20 heavy (non-hydrogen) atoms. The lowest BCUT2D eigenvalue weighted by Crippen LogP contribution is -2.50. The standard InChI is InChI=1S/C17H24N2O/c1-18-10-15-9-16(2-3-19-15)20-17-13-5-11-4-12(7-13)8-14(17)6-11/h2-3,9,11-14,17-18H,4-8,10H2,1H3. The summed E-state index contributed by atoms with van der Waals surface area (Å²) >= 11 is 0. The van der Waals surface area contributed by atoms with Crippen molar-refractivity contribution in [2.45, 2.75) is 44.8 Å². The molecule has 4 fully saturated rings. The Morgan fingerprint density at radius 3 is 2.50 bits per heavy atom. The van der Waals surface area contributed by atoms with Crippen LogP contribution in [0.3, 0.4) is 0 Å². The Labute approximate surface area is 121 Å². The maximum Gasteiger partial charge on any atom is 0.123 e. The molecule has 1 aromatic rings. The van der Waals surface area contributed by atoms with E-state index in [1.54, 1.807) is 0 Å². The molecule has 1 aromatic heterocycles. The minimum Gasteiger partial charge on any atom is -0.490 e. The second kappa shape index (κ2) is 5.03. The molecule has 5 rings (SSSR count). The highest BCUT2D eigenvalue weighted by atomic mass is 16.5. The molecule has 3 heteroatoms. The quantitative estimate of drug-likeness (QED) is 0.915. The van der Waals surface area contributed by atoms with E-state index in [0.29, 0.717) is 6.10 Å². The van der Waals surface area contributed by atoms with Gasteiger partial charge >= 0.3 is 0 Å². The second-order valence-corrected chi connectivity index (χ2v) is 7.03. The Hall–Kier alpha value is -1.09. The highest BCUT2D eigenvalue weighted by Gasteiger charge is 2.49. The average molecular weight is 272 g/mol. The maximum atomic E-state index is 6.41. The van der Waals surface area contributed by atoms with Gasteiger partial charge in [0.1, 0.15) is 11.9 Å². The molecule has 0 amide bonds. The van der Waals surface area contributed by atoms with Crippen LogP contribution in [0.4, 0.5) is 0 Å². The lowest BCUT2D eigenvalue weighted by atomic mass is 9.55. The molecule has 0 spiro atoms. The van der Waals surface area contributed by atoms with E-state index in [-0.39, 0.29) is 0 Å². The number of aromatic nitrogens is 1. The highest BCUT2D eigenvalue weighted by Crippen LogP contribution is 2.54. The lowest BCUT2D eigenvalue weighted by Gasteiger charge is -2.53. The number of nitrogens with zero attached hydrogens (tertiary/aromatic N) is 1. The van der Waals surface area contributed by atoms with Gasteiger partial charge in [0.05, 0.1) is 5.69 Å². The number of hydrogen-bond acceptors (Lipinski definition) is 3. The number of ether oxygens (including phenoxy) is 1. The van der Waals surface area contributed by atoms with Crippen LogP contribution in [0.5, 0.6) is 5.75 Å². The Balaban J connectivity index is 1.50. The van der Waals surface area contributed by atoms with Gasteiger partial charge in [0.25, 0.3) is 0 Å². The van der Waals surface area contributed by atoms with E-state index < -0.39 is 0 Å². The van der Waals surface area contributed by atoms with Crippen LogP contribution in [0, 0.1) is 23.7 Å². The Morgan fingerprint density at radius 2 is 1.85 bits per heavy atom. The molecule has 4 bridgehead atoms. The van der Waals surface area contributed by atoms with Crippen LogP contribution >= 0.6 is 0 Å². The molecule has 1 heterocycles. The topological polar surface area (TPSA) is 34.1 Å². The minimum atomic E-state index is 0.465. The first-order chi connectivity index (χ1) is 9.81. The molecule has 0 unspecified atom stereocenters. The van der Waals surface area contributed by atoms with Crippen molar-refractivity contribution in [3.63, 3.8) is 0 Å². The molecule has 0 aromatic carbocycles. The van der Waals surface area contributed by atoms with Crippen LogP contribution in [0.1, 0.15) is 37.8 Å². The normalized spacial score (nSPS) is 38.1. The molecule has 0 atom stereocenters. The van der Waals surface area contributed by atoms with Gasteiger partial charge in [-0.3, -0.25) is 4.98 Å². The average Bonchev–Trinajstić information content (AvgIpc) is 2.43. The molecule has 4 aliphatic carbocycles.